The number of nitrogens with one attached hydrogen (secondary N) is 1. The predicted molar refractivity (Wildman–Crippen MR) is 110 cm³/mol. The number of aromatic nitrogens is 3. The second kappa shape index (κ2) is 6.07. The molecule has 2 heterocycles. The number of rotatable bonds is 2. The van der Waals surface area contributed by atoms with Crippen LogP contribution in [-0.2, 0) is 0 Å². The molecule has 0 aliphatic heterocycles. The standard InChI is InChI=1S/C22H14BrN3/c23-16-11-12-18-17(13-16)19-20(14-7-3-1-4-8-14)25-21(26-22(19)24-18)15-9-5-2-6-10-15/h1-13H,(H,24,25,26). The van der Waals surface area contributed by atoms with Crippen LogP contribution in [-0.4, -0.2) is 15.0 Å². The molecule has 5 aromatic rings. The summed E-state index contributed by atoms with van der Waals surface area (Å²) in [5, 5.41) is 2.17. The fourth-order valence-corrected chi connectivity index (χ4v) is 3.65. The van der Waals surface area contributed by atoms with Crippen molar-refractivity contribution >= 4 is 37.9 Å². The Labute approximate surface area is 158 Å². The summed E-state index contributed by atoms with van der Waals surface area (Å²) in [5.74, 6) is 0.725. The van der Waals surface area contributed by atoms with Crippen LogP contribution in [0.3, 0.4) is 0 Å². The summed E-state index contributed by atoms with van der Waals surface area (Å²) in [6.07, 6.45) is 0. The number of fused-ring (bicyclic) bond motifs is 3. The van der Waals surface area contributed by atoms with Gasteiger partial charge in [-0.3, -0.25) is 0 Å². The zero-order valence-corrected chi connectivity index (χ0v) is 15.4. The lowest BCUT2D eigenvalue weighted by Gasteiger charge is -2.07. The van der Waals surface area contributed by atoms with E-state index >= 15 is 0 Å². The molecule has 0 saturated heterocycles. The maximum absolute atomic E-state index is 4.95. The molecule has 4 heteroatoms. The molecule has 5 rings (SSSR count). The van der Waals surface area contributed by atoms with Gasteiger partial charge in [-0.25, -0.2) is 9.97 Å². The van der Waals surface area contributed by atoms with Gasteiger partial charge < -0.3 is 4.98 Å². The third-order valence-corrected chi connectivity index (χ3v) is 4.99. The Kier molecular flexibility index (Phi) is 3.57. The van der Waals surface area contributed by atoms with Crippen molar-refractivity contribution in [3.05, 3.63) is 83.3 Å². The first-order valence-electron chi connectivity index (χ1n) is 8.39. The van der Waals surface area contributed by atoms with Crippen molar-refractivity contribution in [2.45, 2.75) is 0 Å². The normalized spacial score (nSPS) is 11.3. The number of benzene rings is 3. The average Bonchev–Trinajstić information content (AvgIpc) is 3.06. The minimum absolute atomic E-state index is 0.725. The Morgan fingerprint density at radius 2 is 1.42 bits per heavy atom. The largest absolute Gasteiger partial charge is 0.339 e. The number of nitrogens with zero attached hydrogens (tertiary/aromatic N) is 2. The average molecular weight is 400 g/mol. The van der Waals surface area contributed by atoms with Crippen molar-refractivity contribution in [1.29, 1.82) is 0 Å². The molecule has 26 heavy (non-hydrogen) atoms. The molecule has 0 bridgehead atoms. The molecular weight excluding hydrogens is 386 g/mol. The Balaban J connectivity index is 1.91. The Bertz CT molecular complexity index is 1230. The van der Waals surface area contributed by atoms with Gasteiger partial charge in [0.1, 0.15) is 5.65 Å². The highest BCUT2D eigenvalue weighted by Crippen LogP contribution is 2.35. The van der Waals surface area contributed by atoms with Crippen molar-refractivity contribution in [3.8, 4) is 22.6 Å². The molecular formula is C22H14BrN3. The van der Waals surface area contributed by atoms with Crippen LogP contribution in [0.25, 0.3) is 44.6 Å². The summed E-state index contributed by atoms with van der Waals surface area (Å²) < 4.78 is 1.04. The van der Waals surface area contributed by atoms with Crippen LogP contribution >= 0.6 is 15.9 Å². The zero-order chi connectivity index (χ0) is 17.5. The van der Waals surface area contributed by atoms with Crippen LogP contribution in [0.4, 0.5) is 0 Å². The van der Waals surface area contributed by atoms with Gasteiger partial charge in [-0.05, 0) is 18.2 Å². The number of hydrogen-bond donors (Lipinski definition) is 1. The lowest BCUT2D eigenvalue weighted by atomic mass is 10.1. The van der Waals surface area contributed by atoms with Gasteiger partial charge in [-0.15, -0.1) is 0 Å². The highest BCUT2D eigenvalue weighted by atomic mass is 79.9. The predicted octanol–water partition coefficient (Wildman–Crippen LogP) is 6.21. The van der Waals surface area contributed by atoms with Gasteiger partial charge in [0, 0.05) is 26.5 Å². The van der Waals surface area contributed by atoms with E-state index in [0.717, 1.165) is 49.1 Å². The number of halogens is 1. The molecule has 0 radical (unpaired) electrons. The lowest BCUT2D eigenvalue weighted by Crippen LogP contribution is -1.94. The fraction of sp³-hybridized carbons (Fsp3) is 0. The van der Waals surface area contributed by atoms with Crippen LogP contribution in [0.5, 0.6) is 0 Å². The van der Waals surface area contributed by atoms with Crippen LogP contribution in [0.15, 0.2) is 83.3 Å². The minimum atomic E-state index is 0.725. The van der Waals surface area contributed by atoms with Gasteiger partial charge in [0.05, 0.1) is 11.1 Å². The molecule has 1 N–H and O–H groups in total. The van der Waals surface area contributed by atoms with Crippen LogP contribution < -0.4 is 0 Å². The van der Waals surface area contributed by atoms with Crippen LogP contribution in [0, 0.1) is 0 Å². The molecule has 0 unspecified atom stereocenters. The van der Waals surface area contributed by atoms with Crippen molar-refractivity contribution in [2.75, 3.05) is 0 Å². The van der Waals surface area contributed by atoms with Crippen LogP contribution in [0.2, 0.25) is 0 Å². The van der Waals surface area contributed by atoms with Crippen LogP contribution in [0.1, 0.15) is 0 Å². The summed E-state index contributed by atoms with van der Waals surface area (Å²) in [6.45, 7) is 0. The second-order valence-corrected chi connectivity index (χ2v) is 7.08. The Hall–Kier alpha value is -2.98. The van der Waals surface area contributed by atoms with E-state index in [9.17, 15) is 0 Å². The zero-order valence-electron chi connectivity index (χ0n) is 13.8. The van der Waals surface area contributed by atoms with Gasteiger partial charge in [0.25, 0.3) is 0 Å². The summed E-state index contributed by atoms with van der Waals surface area (Å²) >= 11 is 3.58. The van der Waals surface area contributed by atoms with E-state index in [0.29, 0.717) is 0 Å². The maximum Gasteiger partial charge on any atom is 0.162 e. The summed E-state index contributed by atoms with van der Waals surface area (Å²) in [6, 6.07) is 26.6. The second-order valence-electron chi connectivity index (χ2n) is 6.17. The van der Waals surface area contributed by atoms with E-state index in [1.54, 1.807) is 0 Å². The third-order valence-electron chi connectivity index (χ3n) is 4.49. The summed E-state index contributed by atoms with van der Waals surface area (Å²) in [4.78, 5) is 13.2. The SMILES string of the molecule is Brc1ccc2[nH]c3nc(-c4ccccc4)nc(-c4ccccc4)c3c2c1. The third kappa shape index (κ3) is 2.50. The topological polar surface area (TPSA) is 41.6 Å². The van der Waals surface area contributed by atoms with E-state index in [-0.39, 0.29) is 0 Å². The molecule has 0 atom stereocenters. The quantitative estimate of drug-likeness (QED) is 0.383. The first-order chi connectivity index (χ1) is 12.8. The number of hydrogen-bond acceptors (Lipinski definition) is 2. The highest BCUT2D eigenvalue weighted by Gasteiger charge is 2.16. The highest BCUT2D eigenvalue weighted by molar-refractivity contribution is 9.10. The van der Waals surface area contributed by atoms with Gasteiger partial charge in [-0.1, -0.05) is 76.6 Å². The van der Waals surface area contributed by atoms with E-state index in [4.69, 9.17) is 9.97 Å². The van der Waals surface area contributed by atoms with Gasteiger partial charge in [0.2, 0.25) is 0 Å². The Morgan fingerprint density at radius 3 is 2.15 bits per heavy atom. The first-order valence-corrected chi connectivity index (χ1v) is 9.19. The van der Waals surface area contributed by atoms with Crippen molar-refractivity contribution < 1.29 is 0 Å². The summed E-state index contributed by atoms with van der Waals surface area (Å²) in [7, 11) is 0. The molecule has 0 aliphatic carbocycles. The Morgan fingerprint density at radius 1 is 0.731 bits per heavy atom. The maximum atomic E-state index is 4.95. The molecule has 0 fully saturated rings. The molecule has 2 aromatic heterocycles. The van der Waals surface area contributed by atoms with E-state index in [2.05, 4.69) is 45.2 Å². The number of H-pyrrole nitrogens is 1. The van der Waals surface area contributed by atoms with Gasteiger partial charge >= 0.3 is 0 Å². The van der Waals surface area contributed by atoms with Gasteiger partial charge in [0.15, 0.2) is 5.82 Å². The fourth-order valence-electron chi connectivity index (χ4n) is 3.29. The van der Waals surface area contributed by atoms with Gasteiger partial charge in [-0.2, -0.15) is 0 Å². The van der Waals surface area contributed by atoms with Crippen molar-refractivity contribution in [3.63, 3.8) is 0 Å². The first kappa shape index (κ1) is 15.3. The van der Waals surface area contributed by atoms with E-state index in [1.165, 1.54) is 0 Å². The monoisotopic (exact) mass is 399 g/mol. The minimum Gasteiger partial charge on any atom is -0.339 e. The number of aromatic amines is 1. The van der Waals surface area contributed by atoms with Crippen molar-refractivity contribution in [1.82, 2.24) is 15.0 Å². The molecule has 3 nitrogen and oxygen atoms in total. The molecule has 0 amide bonds. The summed E-state index contributed by atoms with van der Waals surface area (Å²) in [5.41, 5.74) is 4.94. The smallest absolute Gasteiger partial charge is 0.162 e. The molecule has 124 valence electrons. The molecule has 0 saturated carbocycles. The molecule has 3 aromatic carbocycles. The molecule has 0 spiro atoms. The molecule has 0 aliphatic rings. The lowest BCUT2D eigenvalue weighted by molar-refractivity contribution is 1.21. The van der Waals surface area contributed by atoms with E-state index < -0.39 is 0 Å². The van der Waals surface area contributed by atoms with Crippen molar-refractivity contribution in [2.24, 2.45) is 0 Å². The van der Waals surface area contributed by atoms with E-state index in [1.807, 2.05) is 54.6 Å².